The molecule has 0 aliphatic carbocycles. The summed E-state index contributed by atoms with van der Waals surface area (Å²) in [4.78, 5) is 34.0. The van der Waals surface area contributed by atoms with Crippen LogP contribution < -0.4 is 11.2 Å². The predicted octanol–water partition coefficient (Wildman–Crippen LogP) is 0.646. The minimum atomic E-state index is -0.561. The quantitative estimate of drug-likeness (QED) is 0.656. The van der Waals surface area contributed by atoms with Gasteiger partial charge in [0.2, 0.25) is 0 Å². The van der Waals surface area contributed by atoms with Crippen molar-refractivity contribution < 1.29 is 4.74 Å². The molecule has 0 bridgehead atoms. The van der Waals surface area contributed by atoms with Gasteiger partial charge in [-0.15, -0.1) is 0 Å². The molecule has 2 aromatic heterocycles. The van der Waals surface area contributed by atoms with Gasteiger partial charge in [0.05, 0.1) is 0 Å². The SMILES string of the molecule is CCCCCOCc1nc2[nH]c(=O)[nH]c(=O)c2[nH]1. The summed E-state index contributed by atoms with van der Waals surface area (Å²) in [5.41, 5.74) is -0.509. The van der Waals surface area contributed by atoms with E-state index in [0.717, 1.165) is 19.3 Å². The van der Waals surface area contributed by atoms with Crippen molar-refractivity contribution in [3.63, 3.8) is 0 Å². The largest absolute Gasteiger partial charge is 0.374 e. The molecule has 0 saturated carbocycles. The summed E-state index contributed by atoms with van der Waals surface area (Å²) >= 11 is 0. The molecule has 2 aromatic rings. The zero-order valence-electron chi connectivity index (χ0n) is 10.2. The van der Waals surface area contributed by atoms with Gasteiger partial charge in [-0.2, -0.15) is 0 Å². The van der Waals surface area contributed by atoms with E-state index in [1.165, 1.54) is 0 Å². The summed E-state index contributed by atoms with van der Waals surface area (Å²) in [6, 6.07) is 0. The number of H-pyrrole nitrogens is 3. The summed E-state index contributed by atoms with van der Waals surface area (Å²) in [6.07, 6.45) is 3.28. The average molecular weight is 252 g/mol. The first kappa shape index (κ1) is 12.6. The van der Waals surface area contributed by atoms with E-state index < -0.39 is 11.2 Å². The second-order valence-electron chi connectivity index (χ2n) is 4.08. The minimum Gasteiger partial charge on any atom is -0.374 e. The Morgan fingerprint density at radius 3 is 2.78 bits per heavy atom. The van der Waals surface area contributed by atoms with Crippen LogP contribution in [0, 0.1) is 0 Å². The molecule has 2 rings (SSSR count). The normalized spacial score (nSPS) is 11.2. The number of hydrogen-bond acceptors (Lipinski definition) is 4. The van der Waals surface area contributed by atoms with Crippen molar-refractivity contribution in [1.82, 2.24) is 19.9 Å². The lowest BCUT2D eigenvalue weighted by molar-refractivity contribution is 0.112. The lowest BCUT2D eigenvalue weighted by Gasteiger charge is -2.00. The molecule has 0 aromatic carbocycles. The molecular weight excluding hydrogens is 236 g/mol. The maximum absolute atomic E-state index is 11.4. The first-order chi connectivity index (χ1) is 8.70. The van der Waals surface area contributed by atoms with Gasteiger partial charge < -0.3 is 9.72 Å². The molecule has 2 heterocycles. The second kappa shape index (κ2) is 5.63. The van der Waals surface area contributed by atoms with Gasteiger partial charge in [-0.3, -0.25) is 14.8 Å². The first-order valence-corrected chi connectivity index (χ1v) is 5.99. The number of nitrogens with zero attached hydrogens (tertiary/aromatic N) is 1. The number of aromatic nitrogens is 4. The predicted molar refractivity (Wildman–Crippen MR) is 66.5 cm³/mol. The van der Waals surface area contributed by atoms with E-state index >= 15 is 0 Å². The lowest BCUT2D eigenvalue weighted by atomic mass is 10.3. The van der Waals surface area contributed by atoms with E-state index in [1.54, 1.807) is 0 Å². The Bertz CT molecular complexity index is 625. The molecule has 0 aliphatic heterocycles. The third kappa shape index (κ3) is 2.86. The van der Waals surface area contributed by atoms with Gasteiger partial charge in [0, 0.05) is 6.61 Å². The van der Waals surface area contributed by atoms with Crippen LogP contribution in [0.15, 0.2) is 9.59 Å². The molecular formula is C11H16N4O3. The van der Waals surface area contributed by atoms with Crippen LogP contribution in [0.3, 0.4) is 0 Å². The molecule has 18 heavy (non-hydrogen) atoms. The molecule has 0 aliphatic rings. The molecule has 0 saturated heterocycles. The summed E-state index contributed by atoms with van der Waals surface area (Å²) in [7, 11) is 0. The molecule has 7 nitrogen and oxygen atoms in total. The van der Waals surface area contributed by atoms with E-state index in [1.807, 2.05) is 0 Å². The summed E-state index contributed by atoms with van der Waals surface area (Å²) in [5.74, 6) is 0.536. The number of nitrogens with one attached hydrogen (secondary N) is 3. The van der Waals surface area contributed by atoms with Crippen molar-refractivity contribution >= 4 is 11.2 Å². The van der Waals surface area contributed by atoms with E-state index in [-0.39, 0.29) is 11.2 Å². The van der Waals surface area contributed by atoms with Gasteiger partial charge in [0.1, 0.15) is 17.9 Å². The maximum Gasteiger partial charge on any atom is 0.327 e. The Kier molecular flexibility index (Phi) is 3.93. The summed E-state index contributed by atoms with van der Waals surface area (Å²) in [6.45, 7) is 3.10. The van der Waals surface area contributed by atoms with Gasteiger partial charge >= 0.3 is 5.69 Å². The van der Waals surface area contributed by atoms with Crippen molar-refractivity contribution in [3.05, 3.63) is 26.7 Å². The molecule has 0 spiro atoms. The van der Waals surface area contributed by atoms with Crippen LogP contribution in [0.5, 0.6) is 0 Å². The first-order valence-electron chi connectivity index (χ1n) is 5.99. The molecule has 7 heteroatoms. The van der Waals surface area contributed by atoms with Crippen LogP contribution in [-0.2, 0) is 11.3 Å². The molecule has 0 fully saturated rings. The van der Waals surface area contributed by atoms with Gasteiger partial charge in [-0.05, 0) is 6.42 Å². The van der Waals surface area contributed by atoms with Crippen LogP contribution in [-0.4, -0.2) is 26.5 Å². The third-order valence-electron chi connectivity index (χ3n) is 2.57. The highest BCUT2D eigenvalue weighted by molar-refractivity contribution is 5.68. The fourth-order valence-electron chi connectivity index (χ4n) is 1.67. The van der Waals surface area contributed by atoms with Crippen molar-refractivity contribution in [3.8, 4) is 0 Å². The van der Waals surface area contributed by atoms with Crippen LogP contribution in [0.2, 0.25) is 0 Å². The molecule has 98 valence electrons. The number of rotatable bonds is 6. The highest BCUT2D eigenvalue weighted by atomic mass is 16.5. The van der Waals surface area contributed by atoms with E-state index in [4.69, 9.17) is 4.74 Å². The van der Waals surface area contributed by atoms with Crippen molar-refractivity contribution in [2.24, 2.45) is 0 Å². The van der Waals surface area contributed by atoms with E-state index in [9.17, 15) is 9.59 Å². The Hall–Kier alpha value is -1.89. The number of ether oxygens (including phenoxy) is 1. The molecule has 0 radical (unpaired) electrons. The summed E-state index contributed by atoms with van der Waals surface area (Å²) < 4.78 is 5.42. The number of aromatic amines is 3. The van der Waals surface area contributed by atoms with Gasteiger partial charge in [-0.25, -0.2) is 9.78 Å². The van der Waals surface area contributed by atoms with Gasteiger partial charge in [0.25, 0.3) is 5.56 Å². The zero-order chi connectivity index (χ0) is 13.0. The minimum absolute atomic E-state index is 0.260. The topological polar surface area (TPSA) is 104 Å². The third-order valence-corrected chi connectivity index (χ3v) is 2.57. The van der Waals surface area contributed by atoms with Gasteiger partial charge in [-0.1, -0.05) is 19.8 Å². The van der Waals surface area contributed by atoms with Crippen LogP contribution in [0.4, 0.5) is 0 Å². The zero-order valence-corrected chi connectivity index (χ0v) is 10.2. The Morgan fingerprint density at radius 2 is 2.00 bits per heavy atom. The lowest BCUT2D eigenvalue weighted by Crippen LogP contribution is -2.21. The number of hydrogen-bond donors (Lipinski definition) is 3. The Labute approximate surface area is 103 Å². The van der Waals surface area contributed by atoms with Crippen molar-refractivity contribution in [2.75, 3.05) is 6.61 Å². The highest BCUT2D eigenvalue weighted by Gasteiger charge is 2.07. The molecule has 0 unspecified atom stereocenters. The van der Waals surface area contributed by atoms with Crippen molar-refractivity contribution in [2.45, 2.75) is 32.8 Å². The number of imidazole rings is 1. The van der Waals surface area contributed by atoms with Crippen LogP contribution >= 0.6 is 0 Å². The van der Waals surface area contributed by atoms with E-state index in [0.29, 0.717) is 19.0 Å². The standard InChI is InChI=1S/C11H16N4O3/c1-2-3-4-5-18-6-7-12-8-9(13-7)14-11(17)15-10(8)16/h2-6H2,1H3,(H3,12,13,14,15,16,17). The van der Waals surface area contributed by atoms with Gasteiger partial charge in [0.15, 0.2) is 5.65 Å². The second-order valence-corrected chi connectivity index (χ2v) is 4.08. The highest BCUT2D eigenvalue weighted by Crippen LogP contribution is 2.03. The van der Waals surface area contributed by atoms with E-state index in [2.05, 4.69) is 26.9 Å². The molecule has 3 N–H and O–H groups in total. The van der Waals surface area contributed by atoms with Crippen LogP contribution in [0.25, 0.3) is 11.2 Å². The fraction of sp³-hybridized carbons (Fsp3) is 0.545. The number of fused-ring (bicyclic) bond motifs is 1. The summed E-state index contributed by atoms with van der Waals surface area (Å²) in [5, 5.41) is 0. The monoisotopic (exact) mass is 252 g/mol. The molecule has 0 atom stereocenters. The average Bonchev–Trinajstić information content (AvgIpc) is 2.72. The molecule has 0 amide bonds. The Balaban J connectivity index is 2.04. The smallest absolute Gasteiger partial charge is 0.327 e. The van der Waals surface area contributed by atoms with Crippen LogP contribution in [0.1, 0.15) is 32.0 Å². The van der Waals surface area contributed by atoms with Crippen molar-refractivity contribution in [1.29, 1.82) is 0 Å². The Morgan fingerprint density at radius 1 is 1.17 bits per heavy atom. The fourth-order valence-corrected chi connectivity index (χ4v) is 1.67. The number of unbranched alkanes of at least 4 members (excludes halogenated alkanes) is 2. The maximum atomic E-state index is 11.4.